The van der Waals surface area contributed by atoms with Crippen LogP contribution < -0.4 is 0 Å². The van der Waals surface area contributed by atoms with E-state index in [9.17, 15) is 9.90 Å². The minimum Gasteiger partial charge on any atom is -0.480 e. The molecule has 2 fully saturated rings. The highest BCUT2D eigenvalue weighted by Gasteiger charge is 2.50. The number of likely N-dealkylation sites (N-methyl/N-ethyl adjacent to an activating group) is 1. The molecule has 3 unspecified atom stereocenters. The predicted octanol–water partition coefficient (Wildman–Crippen LogP) is 1.41. The summed E-state index contributed by atoms with van der Waals surface area (Å²) < 4.78 is 0. The standard InChI is InChI=1S/C13H24N2O2/c1-4-13(12(16)17)6-5-7-15(13)11-8-10(2)14(3)9-11/h10-11H,4-9H2,1-3H3,(H,16,17). The van der Waals surface area contributed by atoms with E-state index in [-0.39, 0.29) is 0 Å². The summed E-state index contributed by atoms with van der Waals surface area (Å²) in [4.78, 5) is 16.2. The zero-order valence-electron chi connectivity index (χ0n) is 11.1. The van der Waals surface area contributed by atoms with Gasteiger partial charge in [-0.25, -0.2) is 0 Å². The fourth-order valence-electron chi connectivity index (χ4n) is 3.58. The summed E-state index contributed by atoms with van der Waals surface area (Å²) in [5.74, 6) is -0.625. The molecule has 2 heterocycles. The summed E-state index contributed by atoms with van der Waals surface area (Å²) in [6, 6.07) is 0.998. The largest absolute Gasteiger partial charge is 0.480 e. The molecular weight excluding hydrogens is 216 g/mol. The molecule has 98 valence electrons. The van der Waals surface area contributed by atoms with Gasteiger partial charge in [-0.05, 0) is 46.2 Å². The minimum absolute atomic E-state index is 0.425. The van der Waals surface area contributed by atoms with Crippen LogP contribution in [0.4, 0.5) is 0 Å². The van der Waals surface area contributed by atoms with Crippen molar-refractivity contribution in [2.75, 3.05) is 20.1 Å². The second-order valence-electron chi connectivity index (χ2n) is 5.67. The lowest BCUT2D eigenvalue weighted by atomic mass is 9.91. The molecule has 0 aliphatic carbocycles. The molecule has 0 aromatic carbocycles. The van der Waals surface area contributed by atoms with Crippen LogP contribution in [0.1, 0.15) is 39.5 Å². The lowest BCUT2D eigenvalue weighted by Crippen LogP contribution is -2.54. The maximum absolute atomic E-state index is 11.6. The van der Waals surface area contributed by atoms with Crippen LogP contribution in [0.25, 0.3) is 0 Å². The Hall–Kier alpha value is -0.610. The summed E-state index contributed by atoms with van der Waals surface area (Å²) in [6.45, 7) is 6.20. The van der Waals surface area contributed by atoms with Gasteiger partial charge in [-0.2, -0.15) is 0 Å². The maximum Gasteiger partial charge on any atom is 0.324 e. The van der Waals surface area contributed by atoms with Gasteiger partial charge in [-0.1, -0.05) is 6.92 Å². The SMILES string of the molecule is CCC1(C(=O)O)CCCN1C1CC(C)N(C)C1. The van der Waals surface area contributed by atoms with Crippen molar-refractivity contribution in [1.82, 2.24) is 9.80 Å². The smallest absolute Gasteiger partial charge is 0.324 e. The second kappa shape index (κ2) is 4.58. The molecule has 0 aromatic heterocycles. The number of carbonyl (C=O) groups is 1. The normalized spacial score (nSPS) is 39.9. The zero-order valence-corrected chi connectivity index (χ0v) is 11.1. The number of hydrogen-bond donors (Lipinski definition) is 1. The van der Waals surface area contributed by atoms with Crippen molar-refractivity contribution in [1.29, 1.82) is 0 Å². The first-order valence-electron chi connectivity index (χ1n) is 6.71. The quantitative estimate of drug-likeness (QED) is 0.810. The number of nitrogens with zero attached hydrogens (tertiary/aromatic N) is 2. The molecule has 1 N–H and O–H groups in total. The summed E-state index contributed by atoms with van der Waals surface area (Å²) in [5, 5.41) is 9.57. The second-order valence-corrected chi connectivity index (χ2v) is 5.67. The van der Waals surface area contributed by atoms with E-state index in [1.165, 1.54) is 0 Å². The van der Waals surface area contributed by atoms with Crippen molar-refractivity contribution in [2.24, 2.45) is 0 Å². The molecular formula is C13H24N2O2. The molecule has 4 nitrogen and oxygen atoms in total. The lowest BCUT2D eigenvalue weighted by molar-refractivity contribution is -0.151. The molecule has 3 atom stereocenters. The third-order valence-corrected chi connectivity index (χ3v) is 4.83. The van der Waals surface area contributed by atoms with Crippen molar-refractivity contribution >= 4 is 5.97 Å². The van der Waals surface area contributed by atoms with Crippen molar-refractivity contribution in [3.63, 3.8) is 0 Å². The number of rotatable bonds is 3. The van der Waals surface area contributed by atoms with Gasteiger partial charge in [0.15, 0.2) is 0 Å². The number of likely N-dealkylation sites (tertiary alicyclic amines) is 2. The Morgan fingerprint density at radius 2 is 2.24 bits per heavy atom. The van der Waals surface area contributed by atoms with Gasteiger partial charge in [-0.15, -0.1) is 0 Å². The van der Waals surface area contributed by atoms with Crippen LogP contribution in [-0.4, -0.2) is 58.6 Å². The van der Waals surface area contributed by atoms with Crippen LogP contribution in [-0.2, 0) is 4.79 Å². The average Bonchev–Trinajstić information content (AvgIpc) is 2.84. The molecule has 4 heteroatoms. The van der Waals surface area contributed by atoms with Crippen molar-refractivity contribution in [3.05, 3.63) is 0 Å². The van der Waals surface area contributed by atoms with Gasteiger partial charge < -0.3 is 10.0 Å². The minimum atomic E-state index is -0.625. The zero-order chi connectivity index (χ0) is 12.6. The van der Waals surface area contributed by atoms with Crippen molar-refractivity contribution < 1.29 is 9.90 Å². The lowest BCUT2D eigenvalue weighted by Gasteiger charge is -2.38. The average molecular weight is 240 g/mol. The van der Waals surface area contributed by atoms with Crippen LogP contribution in [0, 0.1) is 0 Å². The van der Waals surface area contributed by atoms with Crippen molar-refractivity contribution in [3.8, 4) is 0 Å². The Morgan fingerprint density at radius 3 is 2.71 bits per heavy atom. The van der Waals surface area contributed by atoms with E-state index in [4.69, 9.17) is 0 Å². The molecule has 0 bridgehead atoms. The summed E-state index contributed by atoms with van der Waals surface area (Å²) in [7, 11) is 2.13. The molecule has 0 aromatic rings. The molecule has 0 spiro atoms. The first-order valence-corrected chi connectivity index (χ1v) is 6.71. The van der Waals surface area contributed by atoms with E-state index < -0.39 is 11.5 Å². The summed E-state index contributed by atoms with van der Waals surface area (Å²) in [6.07, 6.45) is 3.66. The van der Waals surface area contributed by atoms with Crippen molar-refractivity contribution in [2.45, 2.75) is 57.2 Å². The van der Waals surface area contributed by atoms with E-state index in [1.807, 2.05) is 6.92 Å². The van der Waals surface area contributed by atoms with Crippen LogP contribution in [0.3, 0.4) is 0 Å². The fourth-order valence-corrected chi connectivity index (χ4v) is 3.58. The van der Waals surface area contributed by atoms with Crippen LogP contribution in [0.15, 0.2) is 0 Å². The van der Waals surface area contributed by atoms with Gasteiger partial charge in [0, 0.05) is 18.6 Å². The third kappa shape index (κ3) is 1.97. The number of aliphatic carboxylic acids is 1. The summed E-state index contributed by atoms with van der Waals surface area (Å²) >= 11 is 0. The van der Waals surface area contributed by atoms with Crippen LogP contribution in [0.2, 0.25) is 0 Å². The highest BCUT2D eigenvalue weighted by atomic mass is 16.4. The fraction of sp³-hybridized carbons (Fsp3) is 0.923. The Labute approximate surface area is 104 Å². The molecule has 17 heavy (non-hydrogen) atoms. The molecule has 0 radical (unpaired) electrons. The van der Waals surface area contributed by atoms with Gasteiger partial charge in [0.1, 0.15) is 5.54 Å². The van der Waals surface area contributed by atoms with Crippen LogP contribution in [0.5, 0.6) is 0 Å². The Balaban J connectivity index is 2.17. The highest BCUT2D eigenvalue weighted by Crippen LogP contribution is 2.37. The van der Waals surface area contributed by atoms with Gasteiger partial charge in [0.25, 0.3) is 0 Å². The van der Waals surface area contributed by atoms with E-state index in [2.05, 4.69) is 23.8 Å². The number of carboxylic acids is 1. The third-order valence-electron chi connectivity index (χ3n) is 4.83. The van der Waals surface area contributed by atoms with Gasteiger partial charge in [0.05, 0.1) is 0 Å². The van der Waals surface area contributed by atoms with E-state index in [0.29, 0.717) is 12.1 Å². The maximum atomic E-state index is 11.6. The number of hydrogen-bond acceptors (Lipinski definition) is 3. The first-order chi connectivity index (χ1) is 8.01. The topological polar surface area (TPSA) is 43.8 Å². The Kier molecular flexibility index (Phi) is 3.46. The highest BCUT2D eigenvalue weighted by molar-refractivity contribution is 5.79. The summed E-state index contributed by atoms with van der Waals surface area (Å²) in [5.41, 5.74) is -0.588. The Morgan fingerprint density at radius 1 is 1.53 bits per heavy atom. The molecule has 2 rings (SSSR count). The van der Waals surface area contributed by atoms with E-state index in [1.54, 1.807) is 0 Å². The molecule has 2 aliphatic rings. The first kappa shape index (κ1) is 12.8. The van der Waals surface area contributed by atoms with E-state index >= 15 is 0 Å². The van der Waals surface area contributed by atoms with Gasteiger partial charge in [0.2, 0.25) is 0 Å². The molecule has 0 saturated carbocycles. The van der Waals surface area contributed by atoms with E-state index in [0.717, 1.165) is 38.8 Å². The van der Waals surface area contributed by atoms with Gasteiger partial charge in [-0.3, -0.25) is 9.69 Å². The number of carboxylic acid groups (broad SMARTS) is 1. The van der Waals surface area contributed by atoms with Gasteiger partial charge >= 0.3 is 5.97 Å². The predicted molar refractivity (Wildman–Crippen MR) is 67.1 cm³/mol. The monoisotopic (exact) mass is 240 g/mol. The Bertz CT molecular complexity index is 298. The molecule has 2 saturated heterocycles. The molecule has 0 amide bonds. The molecule has 2 aliphatic heterocycles. The van der Waals surface area contributed by atoms with Crippen LogP contribution >= 0.6 is 0 Å².